The van der Waals surface area contributed by atoms with E-state index >= 15 is 0 Å². The van der Waals surface area contributed by atoms with Crippen molar-refractivity contribution >= 4 is 17.6 Å². The van der Waals surface area contributed by atoms with Gasteiger partial charge in [0.25, 0.3) is 0 Å². The quantitative estimate of drug-likeness (QED) is 0.591. The first-order valence-electron chi connectivity index (χ1n) is 9.29. The summed E-state index contributed by atoms with van der Waals surface area (Å²) in [5, 5.41) is 12.5. The number of hydrogen-bond donors (Lipinski definition) is 3. The number of carboxylic acid groups (broad SMARTS) is 1. The number of carboxylic acids is 1. The maximum absolute atomic E-state index is 10.8. The Bertz CT molecular complexity index is 682. The third-order valence-electron chi connectivity index (χ3n) is 4.90. The van der Waals surface area contributed by atoms with Crippen LogP contribution in [0.1, 0.15) is 51.2 Å². The molecule has 1 aromatic rings. The molecule has 1 aliphatic rings. The molecule has 2 unspecified atom stereocenters. The van der Waals surface area contributed by atoms with Gasteiger partial charge in [-0.05, 0) is 44.4 Å². The van der Waals surface area contributed by atoms with Gasteiger partial charge < -0.3 is 10.8 Å². The van der Waals surface area contributed by atoms with Crippen LogP contribution in [0.3, 0.4) is 0 Å². The van der Waals surface area contributed by atoms with Crippen LogP contribution < -0.4 is 11.1 Å². The molecule has 6 heteroatoms. The highest BCUT2D eigenvalue weighted by Crippen LogP contribution is 2.28. The number of unbranched alkanes of at least 4 members (excludes halogenated alkanes) is 2. The van der Waals surface area contributed by atoms with E-state index in [9.17, 15) is 4.79 Å². The lowest BCUT2D eigenvalue weighted by Gasteiger charge is -2.38. The summed E-state index contributed by atoms with van der Waals surface area (Å²) < 4.78 is 0. The molecule has 0 aliphatic carbocycles. The van der Waals surface area contributed by atoms with Crippen LogP contribution in [-0.2, 0) is 17.6 Å². The topological polar surface area (TPSA) is 100 Å². The molecule has 26 heavy (non-hydrogen) atoms. The van der Waals surface area contributed by atoms with E-state index in [0.717, 1.165) is 36.2 Å². The normalized spacial score (nSPS) is 22.7. The third-order valence-corrected chi connectivity index (χ3v) is 4.90. The zero-order valence-corrected chi connectivity index (χ0v) is 16.0. The smallest absolute Gasteiger partial charge is 0.307 e. The average Bonchev–Trinajstić information content (AvgIpc) is 2.56. The lowest BCUT2D eigenvalue weighted by molar-refractivity contribution is -0.136. The largest absolute Gasteiger partial charge is 0.481 e. The molecule has 0 saturated heterocycles. The molecule has 4 N–H and O–H groups in total. The fourth-order valence-electron chi connectivity index (χ4n) is 3.44. The minimum atomic E-state index is -0.818. The maximum Gasteiger partial charge on any atom is 0.307 e. The summed E-state index contributed by atoms with van der Waals surface area (Å²) in [6.07, 6.45) is 4.29. The highest BCUT2D eigenvalue weighted by Gasteiger charge is 2.38. The standard InChI is InChI=1S/C20H30N4O2/c1-4-5-6-11-22-20(3)17(14(2)23-19(21)24-20)12-15-7-9-16(10-8-15)13-18(25)26/h7-10,17,22H,4-6,11-13H2,1-3H3,(H2,21,24)(H,25,26). The Morgan fingerprint density at radius 3 is 2.54 bits per heavy atom. The Labute approximate surface area is 155 Å². The van der Waals surface area contributed by atoms with Gasteiger partial charge in [0.05, 0.1) is 6.42 Å². The second-order valence-corrected chi connectivity index (χ2v) is 7.15. The maximum atomic E-state index is 10.8. The van der Waals surface area contributed by atoms with E-state index in [1.807, 2.05) is 31.2 Å². The van der Waals surface area contributed by atoms with Crippen LogP contribution in [0.25, 0.3) is 0 Å². The number of nitrogens with one attached hydrogen (secondary N) is 1. The van der Waals surface area contributed by atoms with Gasteiger partial charge in [0.1, 0.15) is 5.66 Å². The summed E-state index contributed by atoms with van der Waals surface area (Å²) in [6, 6.07) is 7.74. The van der Waals surface area contributed by atoms with Crippen LogP contribution in [0.15, 0.2) is 34.3 Å². The molecule has 2 rings (SSSR count). The Kier molecular flexibility index (Phi) is 6.91. The van der Waals surface area contributed by atoms with Crippen molar-refractivity contribution in [2.24, 2.45) is 21.6 Å². The highest BCUT2D eigenvalue weighted by molar-refractivity contribution is 5.99. The van der Waals surface area contributed by atoms with E-state index in [1.165, 1.54) is 12.8 Å². The van der Waals surface area contributed by atoms with Crippen molar-refractivity contribution in [1.82, 2.24) is 5.32 Å². The Morgan fingerprint density at radius 2 is 1.92 bits per heavy atom. The lowest BCUT2D eigenvalue weighted by Crippen LogP contribution is -2.54. The first-order chi connectivity index (χ1) is 12.3. The fraction of sp³-hybridized carbons (Fsp3) is 0.550. The van der Waals surface area contributed by atoms with Crippen molar-refractivity contribution in [2.45, 2.75) is 58.5 Å². The highest BCUT2D eigenvalue weighted by atomic mass is 16.4. The molecule has 0 saturated carbocycles. The van der Waals surface area contributed by atoms with E-state index < -0.39 is 11.6 Å². The second kappa shape index (κ2) is 8.94. The zero-order chi connectivity index (χ0) is 19.2. The van der Waals surface area contributed by atoms with Crippen molar-refractivity contribution < 1.29 is 9.90 Å². The SMILES string of the molecule is CCCCCNC1(C)N=C(N)N=C(C)C1Cc1ccc(CC(=O)O)cc1. The van der Waals surface area contributed by atoms with Crippen LogP contribution in [-0.4, -0.2) is 35.0 Å². The van der Waals surface area contributed by atoms with Crippen LogP contribution in [0.4, 0.5) is 0 Å². The van der Waals surface area contributed by atoms with Gasteiger partial charge in [0.2, 0.25) is 5.96 Å². The number of guanidine groups is 1. The minimum Gasteiger partial charge on any atom is -0.481 e. The van der Waals surface area contributed by atoms with E-state index in [-0.39, 0.29) is 12.3 Å². The van der Waals surface area contributed by atoms with Crippen molar-refractivity contribution in [3.63, 3.8) is 0 Å². The molecule has 2 atom stereocenters. The molecule has 1 heterocycles. The number of nitrogens with two attached hydrogens (primary N) is 1. The number of carbonyl (C=O) groups is 1. The van der Waals surface area contributed by atoms with Gasteiger partial charge >= 0.3 is 5.97 Å². The van der Waals surface area contributed by atoms with Crippen LogP contribution >= 0.6 is 0 Å². The van der Waals surface area contributed by atoms with Crippen molar-refractivity contribution in [3.8, 4) is 0 Å². The summed E-state index contributed by atoms with van der Waals surface area (Å²) in [5.74, 6) is -0.399. The molecular weight excluding hydrogens is 328 g/mol. The molecular formula is C20H30N4O2. The van der Waals surface area contributed by atoms with Crippen LogP contribution in [0.5, 0.6) is 0 Å². The summed E-state index contributed by atoms with van der Waals surface area (Å²) in [6.45, 7) is 7.15. The van der Waals surface area contributed by atoms with Crippen molar-refractivity contribution in [3.05, 3.63) is 35.4 Å². The predicted molar refractivity (Wildman–Crippen MR) is 106 cm³/mol. The molecule has 142 valence electrons. The summed E-state index contributed by atoms with van der Waals surface area (Å²) in [7, 11) is 0. The summed E-state index contributed by atoms with van der Waals surface area (Å²) >= 11 is 0. The van der Waals surface area contributed by atoms with E-state index in [4.69, 9.17) is 10.8 Å². The zero-order valence-electron chi connectivity index (χ0n) is 16.0. The van der Waals surface area contributed by atoms with Crippen LogP contribution in [0.2, 0.25) is 0 Å². The number of benzene rings is 1. The molecule has 0 radical (unpaired) electrons. The van der Waals surface area contributed by atoms with Crippen LogP contribution in [0, 0.1) is 5.92 Å². The summed E-state index contributed by atoms with van der Waals surface area (Å²) in [4.78, 5) is 19.8. The third kappa shape index (κ3) is 5.39. The van der Waals surface area contributed by atoms with Gasteiger partial charge in [-0.15, -0.1) is 0 Å². The molecule has 0 aromatic heterocycles. The van der Waals surface area contributed by atoms with E-state index in [0.29, 0.717) is 5.96 Å². The molecule has 6 nitrogen and oxygen atoms in total. The number of rotatable bonds is 9. The van der Waals surface area contributed by atoms with Gasteiger partial charge in [-0.3, -0.25) is 10.1 Å². The van der Waals surface area contributed by atoms with Gasteiger partial charge in [0.15, 0.2) is 0 Å². The van der Waals surface area contributed by atoms with Gasteiger partial charge in [0, 0.05) is 11.6 Å². The van der Waals surface area contributed by atoms with Gasteiger partial charge in [-0.25, -0.2) is 9.98 Å². The summed E-state index contributed by atoms with van der Waals surface area (Å²) in [5.41, 5.74) is 8.35. The first-order valence-corrected chi connectivity index (χ1v) is 9.29. The average molecular weight is 358 g/mol. The number of nitrogens with zero attached hydrogens (tertiary/aromatic N) is 2. The lowest BCUT2D eigenvalue weighted by atomic mass is 9.83. The van der Waals surface area contributed by atoms with Crippen molar-refractivity contribution in [1.29, 1.82) is 0 Å². The number of hydrogen-bond acceptors (Lipinski definition) is 5. The predicted octanol–water partition coefficient (Wildman–Crippen LogP) is 2.76. The minimum absolute atomic E-state index is 0.0434. The fourth-order valence-corrected chi connectivity index (χ4v) is 3.44. The molecule has 1 aliphatic heterocycles. The molecule has 1 aromatic carbocycles. The second-order valence-electron chi connectivity index (χ2n) is 7.15. The van der Waals surface area contributed by atoms with Gasteiger partial charge in [-0.1, -0.05) is 44.0 Å². The van der Waals surface area contributed by atoms with E-state index in [2.05, 4.69) is 29.1 Å². The number of aliphatic carboxylic acids is 1. The molecule has 0 fully saturated rings. The monoisotopic (exact) mass is 358 g/mol. The Balaban J connectivity index is 2.12. The first kappa shape index (κ1) is 20.1. The number of aliphatic imine (C=N–C) groups is 2. The molecule has 0 spiro atoms. The molecule has 0 amide bonds. The molecule has 0 bridgehead atoms. The Morgan fingerprint density at radius 1 is 1.27 bits per heavy atom. The Hall–Kier alpha value is -2.21. The van der Waals surface area contributed by atoms with Gasteiger partial charge in [-0.2, -0.15) is 0 Å². The van der Waals surface area contributed by atoms with Crippen molar-refractivity contribution in [2.75, 3.05) is 6.54 Å². The van der Waals surface area contributed by atoms with E-state index in [1.54, 1.807) is 0 Å².